The maximum atomic E-state index is 13.3. The van der Waals surface area contributed by atoms with Crippen LogP contribution in [0, 0.1) is 13.8 Å². The summed E-state index contributed by atoms with van der Waals surface area (Å²) in [4.78, 5) is 22.9. The highest BCUT2D eigenvalue weighted by molar-refractivity contribution is 7.98. The van der Waals surface area contributed by atoms with Gasteiger partial charge in [-0.1, -0.05) is 59.8 Å². The number of rotatable bonds is 5. The van der Waals surface area contributed by atoms with Gasteiger partial charge < -0.3 is 4.40 Å². The summed E-state index contributed by atoms with van der Waals surface area (Å²) >= 11 is 1.55. The highest BCUT2D eigenvalue weighted by atomic mass is 32.2. The van der Waals surface area contributed by atoms with E-state index < -0.39 is 0 Å². The molecule has 0 atom stereocenters. The molecular weight excluding hydrogens is 404 g/mol. The van der Waals surface area contributed by atoms with Crippen LogP contribution in [-0.2, 0) is 12.3 Å². The third-order valence-electron chi connectivity index (χ3n) is 5.36. The molecule has 0 spiro atoms. The van der Waals surface area contributed by atoms with Crippen molar-refractivity contribution >= 4 is 28.3 Å². The fourth-order valence-electron chi connectivity index (χ4n) is 3.69. The number of hydrogen-bond acceptors (Lipinski definition) is 4. The van der Waals surface area contributed by atoms with Crippen molar-refractivity contribution in [1.82, 2.24) is 18.9 Å². The van der Waals surface area contributed by atoms with Gasteiger partial charge in [0.1, 0.15) is 5.65 Å². The van der Waals surface area contributed by atoms with Crippen LogP contribution >= 0.6 is 11.8 Å². The maximum Gasteiger partial charge on any atom is 0.262 e. The minimum absolute atomic E-state index is 0.0143. The highest BCUT2D eigenvalue weighted by Gasteiger charge is 2.13. The molecule has 2 aromatic carbocycles. The van der Waals surface area contributed by atoms with Gasteiger partial charge in [-0.25, -0.2) is 9.97 Å². The van der Waals surface area contributed by atoms with E-state index in [2.05, 4.69) is 44.2 Å². The van der Waals surface area contributed by atoms with Crippen molar-refractivity contribution in [2.45, 2.75) is 31.3 Å². The first-order chi connectivity index (χ1) is 15.1. The molecule has 0 amide bonds. The number of hydrogen-bond donors (Lipinski definition) is 0. The lowest BCUT2D eigenvalue weighted by Crippen LogP contribution is -2.24. The molecule has 5 nitrogen and oxygen atoms in total. The van der Waals surface area contributed by atoms with Gasteiger partial charge in [-0.3, -0.25) is 9.36 Å². The smallest absolute Gasteiger partial charge is 0.262 e. The van der Waals surface area contributed by atoms with Gasteiger partial charge in [0.15, 0.2) is 5.16 Å². The summed E-state index contributed by atoms with van der Waals surface area (Å²) in [6.45, 7) is 4.61. The zero-order valence-electron chi connectivity index (χ0n) is 17.4. The number of pyridine rings is 1. The summed E-state index contributed by atoms with van der Waals surface area (Å²) in [7, 11) is 0. The number of fused-ring (bicyclic) bond motifs is 2. The molecule has 0 bridgehead atoms. The largest absolute Gasteiger partial charge is 0.307 e. The molecule has 0 aliphatic rings. The predicted molar refractivity (Wildman–Crippen MR) is 126 cm³/mol. The molecule has 0 aliphatic heterocycles. The molecule has 3 aromatic heterocycles. The van der Waals surface area contributed by atoms with E-state index >= 15 is 0 Å². The van der Waals surface area contributed by atoms with Crippen LogP contribution in [0.15, 0.2) is 83.0 Å². The lowest BCUT2D eigenvalue weighted by molar-refractivity contribution is 0.658. The Morgan fingerprint density at radius 1 is 0.935 bits per heavy atom. The number of aromatic nitrogens is 4. The number of thioether (sulfide) groups is 1. The van der Waals surface area contributed by atoms with E-state index in [1.807, 2.05) is 47.1 Å². The molecule has 0 N–H and O–H groups in total. The first-order valence-electron chi connectivity index (χ1n) is 10.2. The van der Waals surface area contributed by atoms with E-state index in [4.69, 9.17) is 9.97 Å². The summed E-state index contributed by atoms with van der Waals surface area (Å²) in [5.74, 6) is 0.639. The number of para-hydroxylation sites is 1. The van der Waals surface area contributed by atoms with Gasteiger partial charge in [0.25, 0.3) is 5.56 Å². The lowest BCUT2D eigenvalue weighted by Gasteiger charge is -2.13. The number of imidazole rings is 1. The van der Waals surface area contributed by atoms with E-state index in [-0.39, 0.29) is 5.56 Å². The summed E-state index contributed by atoms with van der Waals surface area (Å²) in [5, 5.41) is 1.35. The Morgan fingerprint density at radius 2 is 1.74 bits per heavy atom. The molecule has 31 heavy (non-hydrogen) atoms. The normalized spacial score (nSPS) is 11.4. The topological polar surface area (TPSA) is 52.2 Å². The lowest BCUT2D eigenvalue weighted by atomic mass is 10.1. The Kier molecular flexibility index (Phi) is 5.08. The molecular formula is C25H22N4OS. The minimum atomic E-state index is -0.0143. The molecule has 5 rings (SSSR count). The summed E-state index contributed by atoms with van der Waals surface area (Å²) in [6.07, 6.45) is 4.05. The van der Waals surface area contributed by atoms with Gasteiger partial charge >= 0.3 is 0 Å². The molecule has 6 heteroatoms. The van der Waals surface area contributed by atoms with E-state index in [1.54, 1.807) is 16.3 Å². The van der Waals surface area contributed by atoms with Crippen LogP contribution < -0.4 is 5.56 Å². The third-order valence-corrected chi connectivity index (χ3v) is 6.37. The van der Waals surface area contributed by atoms with Gasteiger partial charge in [0.05, 0.1) is 23.1 Å². The van der Waals surface area contributed by atoms with Crippen molar-refractivity contribution in [3.8, 4) is 0 Å². The predicted octanol–water partition coefficient (Wildman–Crippen LogP) is 5.00. The number of nitrogens with zero attached hydrogens (tertiary/aromatic N) is 4. The molecule has 0 saturated heterocycles. The molecule has 0 unspecified atom stereocenters. The van der Waals surface area contributed by atoms with Crippen molar-refractivity contribution in [3.05, 3.63) is 106 Å². The Bertz CT molecular complexity index is 1450. The second-order valence-electron chi connectivity index (χ2n) is 7.73. The second-order valence-corrected chi connectivity index (χ2v) is 8.67. The SMILES string of the molecule is Cc1ccc(Cn2c(SCc3cn4cccc(C)c4n3)nc3ccccc3c2=O)cc1. The summed E-state index contributed by atoms with van der Waals surface area (Å²) < 4.78 is 3.82. The van der Waals surface area contributed by atoms with E-state index in [9.17, 15) is 4.79 Å². The Balaban J connectivity index is 1.53. The van der Waals surface area contributed by atoms with E-state index in [0.717, 1.165) is 28.0 Å². The first-order valence-corrected chi connectivity index (χ1v) is 11.2. The third kappa shape index (κ3) is 3.86. The molecule has 0 fully saturated rings. The van der Waals surface area contributed by atoms with Crippen LogP contribution in [0.5, 0.6) is 0 Å². The van der Waals surface area contributed by atoms with E-state index in [0.29, 0.717) is 22.8 Å². The minimum Gasteiger partial charge on any atom is -0.307 e. The highest BCUT2D eigenvalue weighted by Crippen LogP contribution is 2.23. The fourth-order valence-corrected chi connectivity index (χ4v) is 4.57. The molecule has 3 heterocycles. The molecule has 0 saturated carbocycles. The van der Waals surface area contributed by atoms with Gasteiger partial charge in [-0.15, -0.1) is 0 Å². The van der Waals surface area contributed by atoms with Gasteiger partial charge in [0, 0.05) is 18.1 Å². The molecule has 5 aromatic rings. The van der Waals surface area contributed by atoms with Crippen LogP contribution in [0.1, 0.15) is 22.4 Å². The summed E-state index contributed by atoms with van der Waals surface area (Å²) in [5.41, 5.74) is 6.05. The van der Waals surface area contributed by atoms with Crippen LogP contribution in [0.25, 0.3) is 16.6 Å². The van der Waals surface area contributed by atoms with Gasteiger partial charge in [0.2, 0.25) is 0 Å². The number of aryl methyl sites for hydroxylation is 2. The van der Waals surface area contributed by atoms with Crippen molar-refractivity contribution in [2.24, 2.45) is 0 Å². The summed E-state index contributed by atoms with van der Waals surface area (Å²) in [6, 6.07) is 19.9. The van der Waals surface area contributed by atoms with Crippen molar-refractivity contribution in [1.29, 1.82) is 0 Å². The van der Waals surface area contributed by atoms with Crippen LogP contribution in [0.4, 0.5) is 0 Å². The molecule has 154 valence electrons. The quantitative estimate of drug-likeness (QED) is 0.293. The average molecular weight is 427 g/mol. The maximum absolute atomic E-state index is 13.3. The Hall–Kier alpha value is -3.38. The standard InChI is InChI=1S/C25H22N4OS/c1-17-9-11-19(12-10-17)14-29-24(30)21-7-3-4-8-22(21)27-25(29)31-16-20-15-28-13-5-6-18(2)23(28)26-20/h3-13,15H,14,16H2,1-2H3. The van der Waals surface area contributed by atoms with Crippen molar-refractivity contribution in [3.63, 3.8) is 0 Å². The zero-order valence-corrected chi connectivity index (χ0v) is 18.3. The fraction of sp³-hybridized carbons (Fsp3) is 0.160. The Morgan fingerprint density at radius 3 is 2.55 bits per heavy atom. The Labute approximate surface area is 184 Å². The molecule has 0 radical (unpaired) electrons. The monoisotopic (exact) mass is 426 g/mol. The van der Waals surface area contributed by atoms with E-state index in [1.165, 1.54) is 5.56 Å². The van der Waals surface area contributed by atoms with Crippen LogP contribution in [0.2, 0.25) is 0 Å². The number of benzene rings is 2. The van der Waals surface area contributed by atoms with Gasteiger partial charge in [-0.05, 0) is 43.2 Å². The van der Waals surface area contributed by atoms with Crippen LogP contribution in [-0.4, -0.2) is 18.9 Å². The average Bonchev–Trinajstić information content (AvgIpc) is 3.20. The van der Waals surface area contributed by atoms with Crippen LogP contribution in [0.3, 0.4) is 0 Å². The van der Waals surface area contributed by atoms with Crippen molar-refractivity contribution < 1.29 is 0 Å². The first kappa shape index (κ1) is 19.6. The zero-order chi connectivity index (χ0) is 21.4. The molecule has 0 aliphatic carbocycles. The second kappa shape index (κ2) is 8.04. The van der Waals surface area contributed by atoms with Gasteiger partial charge in [-0.2, -0.15) is 0 Å². The van der Waals surface area contributed by atoms with Crippen molar-refractivity contribution in [2.75, 3.05) is 0 Å².